The molecule has 10 heteroatoms. The topological polar surface area (TPSA) is 92.8 Å². The van der Waals surface area contributed by atoms with Crippen LogP contribution >= 0.6 is 11.3 Å². The summed E-state index contributed by atoms with van der Waals surface area (Å²) >= 11 is 1.43. The summed E-state index contributed by atoms with van der Waals surface area (Å²) in [5.41, 5.74) is 0.778. The molecular weight excluding hydrogens is 440 g/mol. The highest BCUT2D eigenvalue weighted by Crippen LogP contribution is 2.18. The van der Waals surface area contributed by atoms with Crippen LogP contribution in [0.4, 0.5) is 0 Å². The maximum Gasteiger partial charge on any atom is 0.275 e. The second kappa shape index (κ2) is 8.53. The smallest absolute Gasteiger partial charge is 0.275 e. The third-order valence-corrected chi connectivity index (χ3v) is 6.68. The summed E-state index contributed by atoms with van der Waals surface area (Å²) in [6, 6.07) is 8.56. The first-order valence-corrected chi connectivity index (χ1v) is 11.8. The lowest BCUT2D eigenvalue weighted by Crippen LogP contribution is -2.49. The number of benzene rings is 1. The summed E-state index contributed by atoms with van der Waals surface area (Å²) < 4.78 is 2.93. The summed E-state index contributed by atoms with van der Waals surface area (Å²) in [6.07, 6.45) is 1.73. The van der Waals surface area contributed by atoms with Crippen LogP contribution in [0.5, 0.6) is 0 Å². The Hall–Kier alpha value is -3.37. The highest BCUT2D eigenvalue weighted by atomic mass is 32.1. The van der Waals surface area contributed by atoms with Gasteiger partial charge in [0.25, 0.3) is 17.0 Å². The number of rotatable bonds is 4. The maximum absolute atomic E-state index is 13.4. The van der Waals surface area contributed by atoms with E-state index < -0.39 is 0 Å². The SMILES string of the molecule is CC(C)n1nc(C(=O)N2CCN(Cc3cc(=O)n4ccsc4n3)CC2)c2ccccc2c1=O. The van der Waals surface area contributed by atoms with Crippen LogP contribution in [0.25, 0.3) is 15.7 Å². The van der Waals surface area contributed by atoms with Crippen molar-refractivity contribution in [3.63, 3.8) is 0 Å². The average Bonchev–Trinajstić information content (AvgIpc) is 3.29. The number of amides is 1. The van der Waals surface area contributed by atoms with E-state index in [4.69, 9.17) is 0 Å². The Labute approximate surface area is 193 Å². The van der Waals surface area contributed by atoms with E-state index in [1.54, 1.807) is 39.8 Å². The number of aromatic nitrogens is 4. The minimum absolute atomic E-state index is 0.0803. The molecule has 3 aromatic heterocycles. The third kappa shape index (κ3) is 3.96. The Morgan fingerprint density at radius 2 is 1.82 bits per heavy atom. The number of piperazine rings is 1. The highest BCUT2D eigenvalue weighted by molar-refractivity contribution is 7.15. The van der Waals surface area contributed by atoms with E-state index in [1.807, 2.05) is 25.3 Å². The van der Waals surface area contributed by atoms with Gasteiger partial charge in [-0.2, -0.15) is 5.10 Å². The molecule has 4 heterocycles. The molecule has 1 aliphatic heterocycles. The van der Waals surface area contributed by atoms with Gasteiger partial charge in [0.2, 0.25) is 0 Å². The molecule has 33 heavy (non-hydrogen) atoms. The number of hydrogen-bond donors (Lipinski definition) is 0. The van der Waals surface area contributed by atoms with Crippen molar-refractivity contribution in [1.82, 2.24) is 29.0 Å². The van der Waals surface area contributed by atoms with Gasteiger partial charge in [-0.1, -0.05) is 18.2 Å². The van der Waals surface area contributed by atoms with Gasteiger partial charge in [-0.15, -0.1) is 11.3 Å². The largest absolute Gasteiger partial charge is 0.335 e. The predicted molar refractivity (Wildman–Crippen MR) is 127 cm³/mol. The first kappa shape index (κ1) is 21.5. The summed E-state index contributed by atoms with van der Waals surface area (Å²) in [7, 11) is 0. The van der Waals surface area contributed by atoms with Gasteiger partial charge in [0, 0.05) is 55.8 Å². The van der Waals surface area contributed by atoms with Crippen molar-refractivity contribution in [2.24, 2.45) is 0 Å². The highest BCUT2D eigenvalue weighted by Gasteiger charge is 2.26. The van der Waals surface area contributed by atoms with Crippen molar-refractivity contribution < 1.29 is 4.79 Å². The van der Waals surface area contributed by atoms with Crippen molar-refractivity contribution in [3.05, 3.63) is 74.0 Å². The molecule has 5 rings (SSSR count). The molecule has 1 aromatic carbocycles. The van der Waals surface area contributed by atoms with E-state index in [1.165, 1.54) is 16.0 Å². The third-order valence-electron chi connectivity index (χ3n) is 5.92. The summed E-state index contributed by atoms with van der Waals surface area (Å²) in [6.45, 7) is 6.72. The Kier molecular flexibility index (Phi) is 5.55. The second-order valence-electron chi connectivity index (χ2n) is 8.45. The Bertz CT molecular complexity index is 1460. The summed E-state index contributed by atoms with van der Waals surface area (Å²) in [5.74, 6) is -0.170. The first-order valence-electron chi connectivity index (χ1n) is 10.9. The van der Waals surface area contributed by atoms with E-state index >= 15 is 0 Å². The molecule has 0 unspecified atom stereocenters. The van der Waals surface area contributed by atoms with Gasteiger partial charge in [0.15, 0.2) is 10.7 Å². The fraction of sp³-hybridized carbons (Fsp3) is 0.348. The van der Waals surface area contributed by atoms with Gasteiger partial charge in [-0.05, 0) is 19.9 Å². The van der Waals surface area contributed by atoms with Crippen molar-refractivity contribution in [3.8, 4) is 0 Å². The van der Waals surface area contributed by atoms with Gasteiger partial charge in [-0.3, -0.25) is 23.7 Å². The molecular formula is C23H24N6O3S. The molecule has 0 aliphatic carbocycles. The molecule has 1 aliphatic rings. The quantitative estimate of drug-likeness (QED) is 0.459. The van der Waals surface area contributed by atoms with Crippen LogP contribution in [0.15, 0.2) is 51.5 Å². The van der Waals surface area contributed by atoms with Gasteiger partial charge in [0.05, 0.1) is 17.1 Å². The predicted octanol–water partition coefficient (Wildman–Crippen LogP) is 2.00. The molecule has 0 atom stereocenters. The molecule has 0 spiro atoms. The van der Waals surface area contributed by atoms with Crippen molar-refractivity contribution in [1.29, 1.82) is 0 Å². The van der Waals surface area contributed by atoms with Gasteiger partial charge >= 0.3 is 0 Å². The zero-order valence-electron chi connectivity index (χ0n) is 18.5. The fourth-order valence-corrected chi connectivity index (χ4v) is 4.91. The van der Waals surface area contributed by atoms with Crippen LogP contribution in [0, 0.1) is 0 Å². The zero-order chi connectivity index (χ0) is 23.1. The van der Waals surface area contributed by atoms with E-state index in [-0.39, 0.29) is 23.1 Å². The van der Waals surface area contributed by atoms with E-state index in [9.17, 15) is 14.4 Å². The molecule has 1 fully saturated rings. The number of nitrogens with zero attached hydrogens (tertiary/aromatic N) is 6. The van der Waals surface area contributed by atoms with Crippen LogP contribution in [0.1, 0.15) is 36.1 Å². The van der Waals surface area contributed by atoms with Gasteiger partial charge in [0.1, 0.15) is 0 Å². The number of carbonyl (C=O) groups excluding carboxylic acids is 1. The maximum atomic E-state index is 13.4. The van der Waals surface area contributed by atoms with Crippen molar-refractivity contribution in [2.45, 2.75) is 26.4 Å². The lowest BCUT2D eigenvalue weighted by atomic mass is 10.1. The molecule has 0 bridgehead atoms. The molecule has 1 saturated heterocycles. The molecule has 0 saturated carbocycles. The summed E-state index contributed by atoms with van der Waals surface area (Å²) in [4.78, 5) is 47.6. The van der Waals surface area contributed by atoms with Crippen LogP contribution < -0.4 is 11.1 Å². The van der Waals surface area contributed by atoms with Crippen LogP contribution in [-0.4, -0.2) is 61.1 Å². The van der Waals surface area contributed by atoms with Gasteiger partial charge < -0.3 is 4.90 Å². The number of fused-ring (bicyclic) bond motifs is 2. The lowest BCUT2D eigenvalue weighted by Gasteiger charge is -2.34. The first-order chi connectivity index (χ1) is 15.9. The Balaban J connectivity index is 1.34. The van der Waals surface area contributed by atoms with Crippen LogP contribution in [0.2, 0.25) is 0 Å². The summed E-state index contributed by atoms with van der Waals surface area (Å²) in [5, 5.41) is 7.38. The molecule has 0 N–H and O–H groups in total. The van der Waals surface area contributed by atoms with Crippen LogP contribution in [-0.2, 0) is 6.54 Å². The minimum atomic E-state index is -0.187. The van der Waals surface area contributed by atoms with E-state index in [2.05, 4.69) is 15.0 Å². The second-order valence-corrected chi connectivity index (χ2v) is 9.32. The lowest BCUT2D eigenvalue weighted by molar-refractivity contribution is 0.0620. The Morgan fingerprint density at radius 1 is 1.09 bits per heavy atom. The number of hydrogen-bond acceptors (Lipinski definition) is 7. The number of thiazole rings is 1. The van der Waals surface area contributed by atoms with Gasteiger partial charge in [-0.25, -0.2) is 9.67 Å². The molecule has 4 aromatic rings. The Morgan fingerprint density at radius 3 is 2.55 bits per heavy atom. The normalized spacial score (nSPS) is 15.1. The number of carbonyl (C=O) groups is 1. The van der Waals surface area contributed by atoms with Crippen molar-refractivity contribution >= 4 is 33.0 Å². The monoisotopic (exact) mass is 464 g/mol. The van der Waals surface area contributed by atoms with E-state index in [0.29, 0.717) is 54.2 Å². The fourth-order valence-electron chi connectivity index (χ4n) is 4.17. The molecule has 9 nitrogen and oxygen atoms in total. The van der Waals surface area contributed by atoms with Crippen LogP contribution in [0.3, 0.4) is 0 Å². The average molecular weight is 465 g/mol. The van der Waals surface area contributed by atoms with E-state index in [0.717, 1.165) is 5.69 Å². The zero-order valence-corrected chi connectivity index (χ0v) is 19.3. The minimum Gasteiger partial charge on any atom is -0.335 e. The molecule has 0 radical (unpaired) electrons. The molecule has 1 amide bonds. The standard InChI is InChI=1S/C23H24N6O3S/c1-15(2)29-21(31)18-6-4-3-5-17(18)20(25-29)22(32)27-9-7-26(8-10-27)14-16-13-19(30)28-11-12-33-23(28)24-16/h3-6,11-13,15H,7-10,14H2,1-2H3. The molecule has 170 valence electrons. The van der Waals surface area contributed by atoms with Crippen molar-refractivity contribution in [2.75, 3.05) is 26.2 Å².